The Hall–Kier alpha value is -1.88. The zero-order valence-electron chi connectivity index (χ0n) is 14.8. The van der Waals surface area contributed by atoms with Crippen LogP contribution in [0.5, 0.6) is 0 Å². The van der Waals surface area contributed by atoms with Crippen LogP contribution in [0.1, 0.15) is 41.0 Å². The second-order valence-corrected chi connectivity index (χ2v) is 7.77. The van der Waals surface area contributed by atoms with Crippen molar-refractivity contribution in [2.75, 3.05) is 33.9 Å². The van der Waals surface area contributed by atoms with Crippen molar-refractivity contribution in [1.82, 2.24) is 4.90 Å². The maximum absolute atomic E-state index is 12.8. The molecule has 1 saturated carbocycles. The monoisotopic (exact) mass is 331 g/mol. The van der Waals surface area contributed by atoms with Crippen LogP contribution in [0.2, 0.25) is 0 Å². The van der Waals surface area contributed by atoms with E-state index in [0.717, 1.165) is 19.5 Å². The number of ether oxygens (including phenoxy) is 2. The van der Waals surface area contributed by atoms with Gasteiger partial charge in [0.1, 0.15) is 0 Å². The number of hydrogen-bond acceptors (Lipinski definition) is 4. The molecule has 5 heteroatoms. The lowest BCUT2D eigenvalue weighted by atomic mass is 9.48. The van der Waals surface area contributed by atoms with Crippen LogP contribution in [-0.2, 0) is 9.47 Å². The molecule has 1 aromatic rings. The van der Waals surface area contributed by atoms with Gasteiger partial charge in [0, 0.05) is 31.2 Å². The molecule has 0 radical (unpaired) electrons. The van der Waals surface area contributed by atoms with Crippen molar-refractivity contribution in [2.45, 2.75) is 20.3 Å². The number of benzene rings is 1. The standard InChI is InChI=1S/C19H25NO4/c1-18(2)10-19(12-23-3)11-20(9-15(18)19)16(21)13-5-7-14(8-6-13)17(22)24-4/h5-8,15H,9-12H2,1-4H3/t15-,19-/m1/s1. The first-order valence-electron chi connectivity index (χ1n) is 8.29. The van der Waals surface area contributed by atoms with Crippen molar-refractivity contribution in [1.29, 1.82) is 0 Å². The van der Waals surface area contributed by atoms with Crippen molar-refractivity contribution in [3.63, 3.8) is 0 Å². The molecule has 130 valence electrons. The van der Waals surface area contributed by atoms with E-state index in [4.69, 9.17) is 4.74 Å². The van der Waals surface area contributed by atoms with E-state index in [1.165, 1.54) is 7.11 Å². The van der Waals surface area contributed by atoms with Crippen LogP contribution in [-0.4, -0.2) is 50.7 Å². The molecule has 5 nitrogen and oxygen atoms in total. The van der Waals surface area contributed by atoms with Gasteiger partial charge in [-0.3, -0.25) is 4.79 Å². The van der Waals surface area contributed by atoms with Crippen molar-refractivity contribution in [3.05, 3.63) is 35.4 Å². The molecule has 1 saturated heterocycles. The molecule has 2 aliphatic rings. The molecule has 1 aliphatic carbocycles. The predicted molar refractivity (Wildman–Crippen MR) is 89.9 cm³/mol. The number of esters is 1. The Kier molecular flexibility index (Phi) is 4.16. The Bertz CT molecular complexity index is 652. The first kappa shape index (κ1) is 17.0. The molecule has 2 fully saturated rings. The summed E-state index contributed by atoms with van der Waals surface area (Å²) in [4.78, 5) is 26.3. The molecule has 0 aromatic heterocycles. The molecule has 1 heterocycles. The fraction of sp³-hybridized carbons (Fsp3) is 0.579. The molecule has 0 bridgehead atoms. The van der Waals surface area contributed by atoms with E-state index in [-0.39, 0.29) is 16.7 Å². The third kappa shape index (κ3) is 2.61. The largest absolute Gasteiger partial charge is 0.465 e. The molecule has 1 aromatic carbocycles. The summed E-state index contributed by atoms with van der Waals surface area (Å²) >= 11 is 0. The molecule has 0 spiro atoms. The van der Waals surface area contributed by atoms with Crippen molar-refractivity contribution in [3.8, 4) is 0 Å². The van der Waals surface area contributed by atoms with Gasteiger partial charge >= 0.3 is 5.97 Å². The summed E-state index contributed by atoms with van der Waals surface area (Å²) in [6, 6.07) is 6.67. The normalized spacial score (nSPS) is 27.3. The summed E-state index contributed by atoms with van der Waals surface area (Å²) in [5, 5.41) is 0. The minimum Gasteiger partial charge on any atom is -0.465 e. The van der Waals surface area contributed by atoms with Gasteiger partial charge in [0.2, 0.25) is 0 Å². The molecule has 1 amide bonds. The molecular weight excluding hydrogens is 306 g/mol. The average molecular weight is 331 g/mol. The van der Waals surface area contributed by atoms with Gasteiger partial charge in [-0.15, -0.1) is 0 Å². The van der Waals surface area contributed by atoms with Gasteiger partial charge in [0.15, 0.2) is 0 Å². The summed E-state index contributed by atoms with van der Waals surface area (Å²) in [6.45, 7) is 6.75. The second kappa shape index (κ2) is 5.88. The summed E-state index contributed by atoms with van der Waals surface area (Å²) in [6.07, 6.45) is 1.09. The molecule has 2 atom stereocenters. The first-order chi connectivity index (χ1) is 11.3. The Morgan fingerprint density at radius 2 is 1.79 bits per heavy atom. The SMILES string of the molecule is COC[C@@]12CN(C(=O)c3ccc(C(=O)OC)cc3)C[C@@H]1C(C)(C)C2. The summed E-state index contributed by atoms with van der Waals surface area (Å²) in [7, 11) is 3.07. The topological polar surface area (TPSA) is 55.8 Å². The number of amides is 1. The van der Waals surface area contributed by atoms with Gasteiger partial charge in [-0.25, -0.2) is 4.79 Å². The van der Waals surface area contributed by atoms with E-state index in [1.807, 2.05) is 4.90 Å². The van der Waals surface area contributed by atoms with E-state index in [2.05, 4.69) is 18.6 Å². The minimum atomic E-state index is -0.394. The number of likely N-dealkylation sites (tertiary alicyclic amines) is 1. The van der Waals surface area contributed by atoms with Crippen molar-refractivity contribution in [2.24, 2.45) is 16.7 Å². The Labute approximate surface area is 142 Å². The Balaban J connectivity index is 1.76. The van der Waals surface area contributed by atoms with Crippen molar-refractivity contribution < 1.29 is 19.1 Å². The van der Waals surface area contributed by atoms with Gasteiger partial charge in [-0.05, 0) is 42.0 Å². The van der Waals surface area contributed by atoms with Gasteiger partial charge in [0.05, 0.1) is 19.3 Å². The predicted octanol–water partition coefficient (Wildman–Crippen LogP) is 2.61. The number of hydrogen-bond donors (Lipinski definition) is 0. The first-order valence-corrected chi connectivity index (χ1v) is 8.29. The lowest BCUT2D eigenvalue weighted by Gasteiger charge is -2.56. The summed E-state index contributed by atoms with van der Waals surface area (Å²) < 4.78 is 10.1. The minimum absolute atomic E-state index is 0.0205. The van der Waals surface area contributed by atoms with Crippen LogP contribution in [0.15, 0.2) is 24.3 Å². The zero-order chi connectivity index (χ0) is 17.5. The van der Waals surface area contributed by atoms with Crippen LogP contribution < -0.4 is 0 Å². The van der Waals surface area contributed by atoms with Crippen LogP contribution in [0.4, 0.5) is 0 Å². The number of carbonyl (C=O) groups is 2. The quantitative estimate of drug-likeness (QED) is 0.796. The highest BCUT2D eigenvalue weighted by atomic mass is 16.5. The van der Waals surface area contributed by atoms with Crippen molar-refractivity contribution >= 4 is 11.9 Å². The highest BCUT2D eigenvalue weighted by molar-refractivity contribution is 5.96. The average Bonchev–Trinajstić information content (AvgIpc) is 2.88. The van der Waals surface area contributed by atoms with Gasteiger partial charge in [-0.2, -0.15) is 0 Å². The number of nitrogens with zero attached hydrogens (tertiary/aromatic N) is 1. The van der Waals surface area contributed by atoms with Gasteiger partial charge in [0.25, 0.3) is 5.91 Å². The maximum atomic E-state index is 12.8. The lowest BCUT2D eigenvalue weighted by molar-refractivity contribution is -0.107. The lowest BCUT2D eigenvalue weighted by Crippen LogP contribution is -2.55. The molecule has 0 N–H and O–H groups in total. The third-order valence-electron chi connectivity index (χ3n) is 5.67. The number of carbonyl (C=O) groups excluding carboxylic acids is 2. The maximum Gasteiger partial charge on any atom is 0.337 e. The number of methoxy groups -OCH3 is 2. The third-order valence-corrected chi connectivity index (χ3v) is 5.67. The smallest absolute Gasteiger partial charge is 0.337 e. The molecular formula is C19H25NO4. The zero-order valence-corrected chi connectivity index (χ0v) is 14.8. The van der Waals surface area contributed by atoms with E-state index in [9.17, 15) is 9.59 Å². The van der Waals surface area contributed by atoms with E-state index in [0.29, 0.717) is 23.7 Å². The van der Waals surface area contributed by atoms with Crippen LogP contribution in [0, 0.1) is 16.7 Å². The van der Waals surface area contributed by atoms with Crippen LogP contribution in [0.25, 0.3) is 0 Å². The fourth-order valence-corrected chi connectivity index (χ4v) is 4.81. The van der Waals surface area contributed by atoms with E-state index < -0.39 is 5.97 Å². The molecule has 1 aliphatic heterocycles. The Morgan fingerprint density at radius 1 is 1.17 bits per heavy atom. The number of rotatable bonds is 4. The second-order valence-electron chi connectivity index (χ2n) is 7.77. The fourth-order valence-electron chi connectivity index (χ4n) is 4.81. The highest BCUT2D eigenvalue weighted by Crippen LogP contribution is 2.62. The molecule has 3 rings (SSSR count). The highest BCUT2D eigenvalue weighted by Gasteiger charge is 2.63. The van der Waals surface area contributed by atoms with E-state index >= 15 is 0 Å². The van der Waals surface area contributed by atoms with Crippen LogP contribution >= 0.6 is 0 Å². The van der Waals surface area contributed by atoms with Gasteiger partial charge < -0.3 is 14.4 Å². The van der Waals surface area contributed by atoms with Crippen LogP contribution in [0.3, 0.4) is 0 Å². The number of fused-ring (bicyclic) bond motifs is 1. The van der Waals surface area contributed by atoms with E-state index in [1.54, 1.807) is 31.4 Å². The molecule has 0 unspecified atom stereocenters. The Morgan fingerprint density at radius 3 is 2.33 bits per heavy atom. The van der Waals surface area contributed by atoms with Gasteiger partial charge in [-0.1, -0.05) is 13.8 Å². The molecule has 24 heavy (non-hydrogen) atoms. The summed E-state index contributed by atoms with van der Waals surface area (Å²) in [5.74, 6) is 0.101. The summed E-state index contributed by atoms with van der Waals surface area (Å²) in [5.41, 5.74) is 1.41.